The van der Waals surface area contributed by atoms with E-state index < -0.39 is 17.4 Å². The van der Waals surface area contributed by atoms with E-state index in [1.165, 1.54) is 11.5 Å². The van der Waals surface area contributed by atoms with Crippen molar-refractivity contribution in [1.82, 2.24) is 10.5 Å². The third kappa shape index (κ3) is 1.77. The lowest BCUT2D eigenvalue weighted by molar-refractivity contribution is 0.0695. The Kier molecular flexibility index (Phi) is 2.72. The molecule has 6 heteroatoms. The van der Waals surface area contributed by atoms with Crippen molar-refractivity contribution >= 4 is 21.8 Å². The molecular weight excluding hydrogens is 231 g/mol. The van der Waals surface area contributed by atoms with E-state index in [4.69, 9.17) is 5.21 Å². The summed E-state index contributed by atoms with van der Waals surface area (Å²) in [6, 6.07) is 2.42. The van der Waals surface area contributed by atoms with Crippen LogP contribution in [0, 0.1) is 5.82 Å². The summed E-state index contributed by atoms with van der Waals surface area (Å²) in [5.41, 5.74) is 0.835. The van der Waals surface area contributed by atoms with Gasteiger partial charge in [-0.1, -0.05) is 0 Å². The Morgan fingerprint density at radius 1 is 1.67 bits per heavy atom. The molecule has 0 atom stereocenters. The first-order valence-electron chi connectivity index (χ1n) is 2.91. The van der Waals surface area contributed by atoms with Crippen LogP contribution in [-0.2, 0) is 0 Å². The monoisotopic (exact) mass is 234 g/mol. The number of hydrogen-bond donors (Lipinski definition) is 2. The highest BCUT2D eigenvalue weighted by atomic mass is 79.9. The lowest BCUT2D eigenvalue weighted by Crippen LogP contribution is -2.21. The largest absolute Gasteiger partial charge is 0.296 e. The van der Waals surface area contributed by atoms with Crippen molar-refractivity contribution in [1.29, 1.82) is 0 Å². The van der Waals surface area contributed by atoms with Crippen LogP contribution in [0.25, 0.3) is 0 Å². The zero-order valence-electron chi connectivity index (χ0n) is 5.71. The molecule has 0 spiro atoms. The molecule has 0 bridgehead atoms. The summed E-state index contributed by atoms with van der Waals surface area (Å²) in [6.45, 7) is 0. The van der Waals surface area contributed by atoms with Crippen LogP contribution in [-0.4, -0.2) is 16.1 Å². The van der Waals surface area contributed by atoms with Gasteiger partial charge in [-0.05, 0) is 28.1 Å². The number of halogens is 2. The van der Waals surface area contributed by atoms with Crippen molar-refractivity contribution in [3.63, 3.8) is 0 Å². The number of hydrogen-bond acceptors (Lipinski definition) is 3. The molecule has 0 aromatic carbocycles. The lowest BCUT2D eigenvalue weighted by atomic mass is 10.3. The van der Waals surface area contributed by atoms with E-state index in [-0.39, 0.29) is 0 Å². The molecule has 1 amide bonds. The molecule has 12 heavy (non-hydrogen) atoms. The van der Waals surface area contributed by atoms with E-state index in [1.807, 2.05) is 0 Å². The smallest absolute Gasteiger partial charge is 0.288 e. The van der Waals surface area contributed by atoms with Gasteiger partial charge in [-0.2, -0.15) is 0 Å². The predicted molar refractivity (Wildman–Crippen MR) is 41.1 cm³/mol. The Labute approximate surface area is 75.5 Å². The number of pyridine rings is 1. The topological polar surface area (TPSA) is 62.2 Å². The molecule has 0 saturated carbocycles. The number of amides is 1. The maximum absolute atomic E-state index is 12.8. The SMILES string of the molecule is O=C(NO)c1nc(Br)ccc1F. The third-order valence-corrected chi connectivity index (χ3v) is 1.57. The van der Waals surface area contributed by atoms with Gasteiger partial charge in [0.05, 0.1) is 0 Å². The summed E-state index contributed by atoms with van der Waals surface area (Å²) in [4.78, 5) is 14.2. The quantitative estimate of drug-likeness (QED) is 0.435. The van der Waals surface area contributed by atoms with E-state index >= 15 is 0 Å². The highest BCUT2D eigenvalue weighted by Gasteiger charge is 2.12. The van der Waals surface area contributed by atoms with E-state index in [9.17, 15) is 9.18 Å². The Morgan fingerprint density at radius 2 is 2.33 bits per heavy atom. The average molecular weight is 235 g/mol. The van der Waals surface area contributed by atoms with Crippen molar-refractivity contribution in [3.8, 4) is 0 Å². The zero-order chi connectivity index (χ0) is 9.14. The Bertz CT molecular complexity index is 318. The summed E-state index contributed by atoms with van der Waals surface area (Å²) < 4.78 is 13.1. The maximum Gasteiger partial charge on any atom is 0.296 e. The van der Waals surface area contributed by atoms with E-state index in [0.717, 1.165) is 6.07 Å². The molecule has 1 rings (SSSR count). The van der Waals surface area contributed by atoms with Gasteiger partial charge in [-0.15, -0.1) is 0 Å². The van der Waals surface area contributed by atoms with Crippen LogP contribution in [0.5, 0.6) is 0 Å². The second-order valence-electron chi connectivity index (χ2n) is 1.91. The van der Waals surface area contributed by atoms with Crippen LogP contribution >= 0.6 is 15.9 Å². The number of rotatable bonds is 1. The molecule has 0 unspecified atom stereocenters. The second kappa shape index (κ2) is 3.59. The molecule has 64 valence electrons. The number of carbonyl (C=O) groups is 1. The van der Waals surface area contributed by atoms with Gasteiger partial charge < -0.3 is 0 Å². The summed E-state index contributed by atoms with van der Waals surface area (Å²) in [6.07, 6.45) is 0. The second-order valence-corrected chi connectivity index (χ2v) is 2.72. The van der Waals surface area contributed by atoms with Crippen molar-refractivity contribution in [2.24, 2.45) is 0 Å². The van der Waals surface area contributed by atoms with Gasteiger partial charge >= 0.3 is 0 Å². The van der Waals surface area contributed by atoms with Crippen molar-refractivity contribution in [2.75, 3.05) is 0 Å². The summed E-state index contributed by atoms with van der Waals surface area (Å²) in [7, 11) is 0. The molecule has 1 heterocycles. The number of aromatic nitrogens is 1. The van der Waals surface area contributed by atoms with Crippen LogP contribution in [0.4, 0.5) is 4.39 Å². The average Bonchev–Trinajstić information content (AvgIpc) is 2.08. The summed E-state index contributed by atoms with van der Waals surface area (Å²) in [5.74, 6) is -1.77. The van der Waals surface area contributed by atoms with Crippen LogP contribution < -0.4 is 5.48 Å². The Balaban J connectivity index is 3.13. The molecular formula is C6H4BrFN2O2. The first kappa shape index (κ1) is 9.08. The minimum Gasteiger partial charge on any atom is -0.288 e. The van der Waals surface area contributed by atoms with Gasteiger partial charge in [0.2, 0.25) is 0 Å². The first-order valence-corrected chi connectivity index (χ1v) is 3.71. The van der Waals surface area contributed by atoms with E-state index in [1.54, 1.807) is 0 Å². The molecule has 1 aromatic rings. The first-order chi connectivity index (χ1) is 5.65. The third-order valence-electron chi connectivity index (χ3n) is 1.13. The van der Waals surface area contributed by atoms with Gasteiger partial charge in [0.15, 0.2) is 11.5 Å². The van der Waals surface area contributed by atoms with E-state index in [2.05, 4.69) is 20.9 Å². The molecule has 0 saturated heterocycles. The van der Waals surface area contributed by atoms with E-state index in [0.29, 0.717) is 4.60 Å². The lowest BCUT2D eigenvalue weighted by Gasteiger charge is -1.99. The van der Waals surface area contributed by atoms with Crippen molar-refractivity contribution < 1.29 is 14.4 Å². The Hall–Kier alpha value is -1.01. The fraction of sp³-hybridized carbons (Fsp3) is 0. The molecule has 2 N–H and O–H groups in total. The number of carbonyl (C=O) groups excluding carboxylic acids is 1. The van der Waals surface area contributed by atoms with Crippen LogP contribution in [0.3, 0.4) is 0 Å². The highest BCUT2D eigenvalue weighted by molar-refractivity contribution is 9.10. The minimum absolute atomic E-state index is 0.322. The molecule has 1 aromatic heterocycles. The number of hydroxylamine groups is 1. The summed E-state index contributed by atoms with van der Waals surface area (Å²) in [5, 5.41) is 8.18. The predicted octanol–water partition coefficient (Wildman–Crippen LogP) is 1.10. The molecule has 0 aliphatic carbocycles. The van der Waals surface area contributed by atoms with Crippen LogP contribution in [0.1, 0.15) is 10.5 Å². The fourth-order valence-electron chi connectivity index (χ4n) is 0.631. The van der Waals surface area contributed by atoms with Crippen molar-refractivity contribution in [2.45, 2.75) is 0 Å². The van der Waals surface area contributed by atoms with Gasteiger partial charge in [0.1, 0.15) is 4.60 Å². The molecule has 0 radical (unpaired) electrons. The van der Waals surface area contributed by atoms with Gasteiger partial charge in [0, 0.05) is 0 Å². The number of nitrogens with one attached hydrogen (secondary N) is 1. The van der Waals surface area contributed by atoms with Gasteiger partial charge in [0.25, 0.3) is 5.91 Å². The molecule has 0 aliphatic heterocycles. The normalized spacial score (nSPS) is 9.58. The van der Waals surface area contributed by atoms with Crippen LogP contribution in [0.2, 0.25) is 0 Å². The maximum atomic E-state index is 12.8. The fourth-order valence-corrected chi connectivity index (χ4v) is 0.940. The van der Waals surface area contributed by atoms with Crippen LogP contribution in [0.15, 0.2) is 16.7 Å². The minimum atomic E-state index is -0.978. The molecule has 4 nitrogen and oxygen atoms in total. The standard InChI is InChI=1S/C6H4BrFN2O2/c7-4-2-1-3(8)5(9-4)6(11)10-12/h1-2,12H,(H,10,11). The van der Waals surface area contributed by atoms with Gasteiger partial charge in [-0.25, -0.2) is 14.9 Å². The number of nitrogens with zero attached hydrogens (tertiary/aromatic N) is 1. The summed E-state index contributed by atoms with van der Waals surface area (Å²) >= 11 is 2.95. The van der Waals surface area contributed by atoms with Gasteiger partial charge in [-0.3, -0.25) is 10.0 Å². The Morgan fingerprint density at radius 3 is 2.92 bits per heavy atom. The molecule has 0 aliphatic rings. The highest BCUT2D eigenvalue weighted by Crippen LogP contribution is 2.10. The molecule has 0 fully saturated rings. The van der Waals surface area contributed by atoms with Crippen molar-refractivity contribution in [3.05, 3.63) is 28.2 Å². The zero-order valence-corrected chi connectivity index (χ0v) is 7.30.